The lowest BCUT2D eigenvalue weighted by atomic mass is 9.93. The van der Waals surface area contributed by atoms with Gasteiger partial charge in [-0.05, 0) is 70.4 Å². The van der Waals surface area contributed by atoms with Crippen molar-refractivity contribution >= 4 is 6.03 Å². The lowest BCUT2D eigenvalue weighted by Crippen LogP contribution is -2.45. The average Bonchev–Trinajstić information content (AvgIpc) is 3.08. The number of hydrogen-bond acceptors (Lipinski definition) is 4. The molecular weight excluding hydrogens is 318 g/mol. The number of carbonyl (C=O) groups excluding carboxylic acids is 1. The van der Waals surface area contributed by atoms with Crippen LogP contribution in [0.5, 0.6) is 11.5 Å². The molecule has 0 aromatic heterocycles. The number of likely N-dealkylation sites (tertiary alicyclic amines) is 1. The van der Waals surface area contributed by atoms with Crippen molar-refractivity contribution in [3.05, 3.63) is 23.8 Å². The van der Waals surface area contributed by atoms with Gasteiger partial charge in [0.1, 0.15) is 0 Å². The normalized spacial score (nSPS) is 18.5. The van der Waals surface area contributed by atoms with E-state index in [1.807, 2.05) is 30.0 Å². The molecule has 0 bridgehead atoms. The molecule has 1 aromatic rings. The van der Waals surface area contributed by atoms with Gasteiger partial charge in [0.05, 0.1) is 6.04 Å². The molecule has 1 saturated heterocycles. The van der Waals surface area contributed by atoms with Gasteiger partial charge in [0.2, 0.25) is 6.79 Å². The number of nitrogens with zero attached hydrogens (tertiary/aromatic N) is 2. The largest absolute Gasteiger partial charge is 0.454 e. The van der Waals surface area contributed by atoms with Crippen LogP contribution in [0.3, 0.4) is 0 Å². The van der Waals surface area contributed by atoms with Crippen molar-refractivity contribution in [3.63, 3.8) is 0 Å². The Morgan fingerprint density at radius 1 is 1.28 bits per heavy atom. The average molecular weight is 347 g/mol. The van der Waals surface area contributed by atoms with E-state index in [0.29, 0.717) is 0 Å². The standard InChI is InChI=1S/C19H29N3O3/c1-14(16-4-5-17-18(12-16)25-13-24-17)20-19(23)22-10-7-15(8-11-22)6-9-21(2)3/h4-5,12,14-15H,6-11,13H2,1-3H3,(H,20,23). The third-order valence-electron chi connectivity index (χ3n) is 5.12. The van der Waals surface area contributed by atoms with Gasteiger partial charge in [0.15, 0.2) is 11.5 Å². The van der Waals surface area contributed by atoms with E-state index in [9.17, 15) is 4.79 Å². The van der Waals surface area contributed by atoms with E-state index in [4.69, 9.17) is 9.47 Å². The maximum atomic E-state index is 12.5. The number of hydrogen-bond donors (Lipinski definition) is 1. The van der Waals surface area contributed by atoms with Crippen LogP contribution in [0.25, 0.3) is 0 Å². The van der Waals surface area contributed by atoms with Crippen LogP contribution < -0.4 is 14.8 Å². The van der Waals surface area contributed by atoms with Crippen molar-refractivity contribution in [2.75, 3.05) is 40.5 Å². The highest BCUT2D eigenvalue weighted by Gasteiger charge is 2.24. The Kier molecular flexibility index (Phi) is 5.68. The van der Waals surface area contributed by atoms with Crippen molar-refractivity contribution in [1.29, 1.82) is 0 Å². The van der Waals surface area contributed by atoms with Crippen molar-refractivity contribution in [3.8, 4) is 11.5 Å². The zero-order valence-electron chi connectivity index (χ0n) is 15.5. The quantitative estimate of drug-likeness (QED) is 0.890. The second-order valence-corrected chi connectivity index (χ2v) is 7.31. The molecule has 138 valence electrons. The van der Waals surface area contributed by atoms with Crippen LogP contribution in [0.1, 0.15) is 37.8 Å². The molecule has 2 aliphatic heterocycles. The fourth-order valence-electron chi connectivity index (χ4n) is 3.41. The molecule has 3 rings (SSSR count). The molecular formula is C19H29N3O3. The Morgan fingerprint density at radius 2 is 2.00 bits per heavy atom. The number of nitrogens with one attached hydrogen (secondary N) is 1. The molecule has 25 heavy (non-hydrogen) atoms. The van der Waals surface area contributed by atoms with Gasteiger partial charge in [-0.2, -0.15) is 0 Å². The number of carbonyl (C=O) groups is 1. The van der Waals surface area contributed by atoms with E-state index in [0.717, 1.165) is 55.5 Å². The first-order valence-electron chi connectivity index (χ1n) is 9.12. The maximum Gasteiger partial charge on any atom is 0.317 e. The summed E-state index contributed by atoms with van der Waals surface area (Å²) >= 11 is 0. The van der Waals surface area contributed by atoms with Crippen LogP contribution in [0.15, 0.2) is 18.2 Å². The fraction of sp³-hybridized carbons (Fsp3) is 0.632. The highest BCUT2D eigenvalue weighted by Crippen LogP contribution is 2.34. The molecule has 1 aromatic carbocycles. The van der Waals surface area contributed by atoms with Crippen LogP contribution in [0.2, 0.25) is 0 Å². The van der Waals surface area contributed by atoms with Crippen molar-refractivity contribution in [2.24, 2.45) is 5.92 Å². The molecule has 2 heterocycles. The first-order valence-corrected chi connectivity index (χ1v) is 9.12. The first kappa shape index (κ1) is 17.9. The van der Waals surface area contributed by atoms with Crippen molar-refractivity contribution in [2.45, 2.75) is 32.2 Å². The summed E-state index contributed by atoms with van der Waals surface area (Å²) in [5.74, 6) is 2.25. The minimum Gasteiger partial charge on any atom is -0.454 e. The summed E-state index contributed by atoms with van der Waals surface area (Å²) in [6, 6.07) is 5.79. The van der Waals surface area contributed by atoms with Gasteiger partial charge < -0.3 is 24.6 Å². The Bertz CT molecular complexity index is 598. The third kappa shape index (κ3) is 4.57. The number of piperidine rings is 1. The van der Waals surface area contributed by atoms with E-state index in [1.165, 1.54) is 6.42 Å². The van der Waals surface area contributed by atoms with E-state index < -0.39 is 0 Å². The molecule has 2 aliphatic rings. The molecule has 0 aliphatic carbocycles. The smallest absolute Gasteiger partial charge is 0.317 e. The lowest BCUT2D eigenvalue weighted by molar-refractivity contribution is 0.162. The maximum absolute atomic E-state index is 12.5. The Morgan fingerprint density at radius 3 is 2.72 bits per heavy atom. The fourth-order valence-corrected chi connectivity index (χ4v) is 3.41. The molecule has 0 spiro atoms. The van der Waals surface area contributed by atoms with E-state index in [-0.39, 0.29) is 18.9 Å². The molecule has 0 radical (unpaired) electrons. The zero-order valence-corrected chi connectivity index (χ0v) is 15.5. The number of amides is 2. The van der Waals surface area contributed by atoms with Crippen molar-refractivity contribution in [1.82, 2.24) is 15.1 Å². The summed E-state index contributed by atoms with van der Waals surface area (Å²) in [7, 11) is 4.22. The predicted molar refractivity (Wildman–Crippen MR) is 97.0 cm³/mol. The highest BCUT2D eigenvalue weighted by atomic mass is 16.7. The summed E-state index contributed by atoms with van der Waals surface area (Å²) in [4.78, 5) is 16.7. The van der Waals surface area contributed by atoms with Gasteiger partial charge >= 0.3 is 6.03 Å². The Labute approximate surface area is 150 Å². The third-order valence-corrected chi connectivity index (χ3v) is 5.12. The van der Waals surface area contributed by atoms with Crippen LogP contribution >= 0.6 is 0 Å². The topological polar surface area (TPSA) is 54.0 Å². The Balaban J connectivity index is 1.47. The van der Waals surface area contributed by atoms with Crippen LogP contribution in [0.4, 0.5) is 4.79 Å². The molecule has 1 fully saturated rings. The molecule has 6 nitrogen and oxygen atoms in total. The van der Waals surface area contributed by atoms with Gasteiger partial charge in [-0.3, -0.25) is 0 Å². The molecule has 6 heteroatoms. The van der Waals surface area contributed by atoms with Gasteiger partial charge in [-0.1, -0.05) is 6.07 Å². The minimum atomic E-state index is -0.0616. The summed E-state index contributed by atoms with van der Waals surface area (Å²) in [6.07, 6.45) is 3.41. The van der Waals surface area contributed by atoms with Crippen LogP contribution in [0, 0.1) is 5.92 Å². The molecule has 2 amide bonds. The number of rotatable bonds is 5. The summed E-state index contributed by atoms with van der Waals surface area (Å²) in [5.41, 5.74) is 1.03. The van der Waals surface area contributed by atoms with E-state index >= 15 is 0 Å². The second kappa shape index (κ2) is 7.95. The molecule has 1 unspecified atom stereocenters. The van der Waals surface area contributed by atoms with Crippen molar-refractivity contribution < 1.29 is 14.3 Å². The van der Waals surface area contributed by atoms with Gasteiger partial charge in [-0.15, -0.1) is 0 Å². The number of benzene rings is 1. The number of urea groups is 1. The Hall–Kier alpha value is -1.95. The molecule has 1 atom stereocenters. The first-order chi connectivity index (χ1) is 12.0. The predicted octanol–water partition coefficient (Wildman–Crippen LogP) is 2.85. The molecule has 1 N–H and O–H groups in total. The van der Waals surface area contributed by atoms with E-state index in [1.54, 1.807) is 0 Å². The zero-order chi connectivity index (χ0) is 17.8. The second-order valence-electron chi connectivity index (χ2n) is 7.31. The van der Waals surface area contributed by atoms with Gasteiger partial charge in [0.25, 0.3) is 0 Å². The van der Waals surface area contributed by atoms with E-state index in [2.05, 4.69) is 24.3 Å². The SMILES string of the molecule is CC(NC(=O)N1CCC(CCN(C)C)CC1)c1ccc2c(c1)OCO2. The van der Waals surface area contributed by atoms with Crippen LogP contribution in [-0.4, -0.2) is 56.4 Å². The van der Waals surface area contributed by atoms with Gasteiger partial charge in [0, 0.05) is 13.1 Å². The summed E-state index contributed by atoms with van der Waals surface area (Å²) in [6.45, 7) is 5.08. The minimum absolute atomic E-state index is 0.0243. The summed E-state index contributed by atoms with van der Waals surface area (Å²) in [5, 5.41) is 3.10. The van der Waals surface area contributed by atoms with Gasteiger partial charge in [-0.25, -0.2) is 4.79 Å². The monoisotopic (exact) mass is 347 g/mol. The van der Waals surface area contributed by atoms with Crippen LogP contribution in [-0.2, 0) is 0 Å². The lowest BCUT2D eigenvalue weighted by Gasteiger charge is -2.33. The highest BCUT2D eigenvalue weighted by molar-refractivity contribution is 5.74. The number of ether oxygens (including phenoxy) is 2. The molecule has 0 saturated carbocycles. The number of fused-ring (bicyclic) bond motifs is 1. The summed E-state index contributed by atoms with van der Waals surface area (Å²) < 4.78 is 10.7.